The van der Waals surface area contributed by atoms with E-state index in [0.717, 1.165) is 0 Å². The van der Waals surface area contributed by atoms with Gasteiger partial charge in [0, 0.05) is 0 Å². The topological polar surface area (TPSA) is 96.6 Å². The Labute approximate surface area is 109 Å². The number of aromatic carboxylic acids is 1. The van der Waals surface area contributed by atoms with Crippen LogP contribution in [0.4, 0.5) is 0 Å². The van der Waals surface area contributed by atoms with Crippen LogP contribution in [0.25, 0.3) is 0 Å². The molecule has 0 radical (unpaired) electrons. The monoisotopic (exact) mass is 281 g/mol. The first kappa shape index (κ1) is 13.3. The van der Waals surface area contributed by atoms with Crippen molar-refractivity contribution in [2.45, 2.75) is 11.4 Å². The number of carbonyl (C=O) groups is 1. The molecule has 0 saturated heterocycles. The Morgan fingerprint density at radius 3 is 2.58 bits per heavy atom. The normalized spacial score (nSPS) is 11.4. The first-order valence-electron chi connectivity index (χ1n) is 5.35. The van der Waals surface area contributed by atoms with Crippen LogP contribution in [0.15, 0.2) is 52.0 Å². The van der Waals surface area contributed by atoms with Crippen LogP contribution in [-0.2, 0) is 16.6 Å². The van der Waals surface area contributed by atoms with E-state index in [9.17, 15) is 13.2 Å². The summed E-state index contributed by atoms with van der Waals surface area (Å²) in [4.78, 5) is 10.7. The van der Waals surface area contributed by atoms with Gasteiger partial charge < -0.3 is 9.52 Å². The van der Waals surface area contributed by atoms with Crippen molar-refractivity contribution in [3.8, 4) is 0 Å². The second-order valence-corrected chi connectivity index (χ2v) is 5.44. The van der Waals surface area contributed by atoms with Crippen LogP contribution in [0, 0.1) is 0 Å². The number of carboxylic acid groups (broad SMARTS) is 1. The van der Waals surface area contributed by atoms with Crippen LogP contribution < -0.4 is 4.72 Å². The van der Waals surface area contributed by atoms with E-state index < -0.39 is 16.0 Å². The summed E-state index contributed by atoms with van der Waals surface area (Å²) in [6, 6.07) is 8.67. The number of sulfonamides is 1. The third-order valence-corrected chi connectivity index (χ3v) is 3.88. The summed E-state index contributed by atoms with van der Waals surface area (Å²) < 4.78 is 31.4. The van der Waals surface area contributed by atoms with Crippen LogP contribution in [0.5, 0.6) is 0 Å². The molecule has 6 nitrogen and oxygen atoms in total. The van der Waals surface area contributed by atoms with Gasteiger partial charge in [-0.15, -0.1) is 0 Å². The molecule has 2 N–H and O–H groups in total. The molecule has 2 rings (SSSR count). The Hall–Kier alpha value is -2.12. The summed E-state index contributed by atoms with van der Waals surface area (Å²) >= 11 is 0. The molecule has 0 aliphatic heterocycles. The zero-order valence-corrected chi connectivity index (χ0v) is 10.6. The molecule has 1 aromatic carbocycles. The lowest BCUT2D eigenvalue weighted by atomic mass is 10.2. The summed E-state index contributed by atoms with van der Waals surface area (Å²) in [7, 11) is -3.90. The van der Waals surface area contributed by atoms with Crippen molar-refractivity contribution < 1.29 is 22.7 Å². The fourth-order valence-corrected chi connectivity index (χ4v) is 2.73. The molecule has 1 heterocycles. The maximum absolute atomic E-state index is 12.0. The first-order valence-corrected chi connectivity index (χ1v) is 6.83. The highest BCUT2D eigenvalue weighted by atomic mass is 32.2. The second-order valence-electron chi connectivity index (χ2n) is 3.71. The Balaban J connectivity index is 2.27. The molecule has 2 aromatic rings. The van der Waals surface area contributed by atoms with Gasteiger partial charge >= 0.3 is 5.97 Å². The minimum Gasteiger partial charge on any atom is -0.478 e. The zero-order chi connectivity index (χ0) is 13.9. The molecule has 0 saturated carbocycles. The van der Waals surface area contributed by atoms with Crippen molar-refractivity contribution in [2.75, 3.05) is 0 Å². The summed E-state index contributed by atoms with van der Waals surface area (Å²) in [5.74, 6) is -0.852. The minimum absolute atomic E-state index is 0.0384. The lowest BCUT2D eigenvalue weighted by Gasteiger charge is -2.08. The average Bonchev–Trinajstić information content (AvgIpc) is 2.89. The third kappa shape index (κ3) is 3.01. The molecule has 1 aromatic heterocycles. The van der Waals surface area contributed by atoms with E-state index in [4.69, 9.17) is 9.52 Å². The Kier molecular flexibility index (Phi) is 3.68. The van der Waals surface area contributed by atoms with Gasteiger partial charge in [0.2, 0.25) is 10.0 Å². The maximum atomic E-state index is 12.0. The summed E-state index contributed by atoms with van der Waals surface area (Å²) in [5.41, 5.74) is -0.269. The van der Waals surface area contributed by atoms with E-state index in [2.05, 4.69) is 4.72 Å². The van der Waals surface area contributed by atoms with Crippen LogP contribution in [-0.4, -0.2) is 19.5 Å². The molecule has 0 amide bonds. The van der Waals surface area contributed by atoms with Crippen molar-refractivity contribution in [3.63, 3.8) is 0 Å². The molecule has 19 heavy (non-hydrogen) atoms. The first-order chi connectivity index (χ1) is 9.00. The fourth-order valence-electron chi connectivity index (χ4n) is 1.53. The zero-order valence-electron chi connectivity index (χ0n) is 9.74. The van der Waals surface area contributed by atoms with Gasteiger partial charge in [0.05, 0.1) is 23.3 Å². The summed E-state index contributed by atoms with van der Waals surface area (Å²) in [6.07, 6.45) is 1.43. The van der Waals surface area contributed by atoms with Gasteiger partial charge in [-0.05, 0) is 24.3 Å². The highest BCUT2D eigenvalue weighted by Gasteiger charge is 2.21. The lowest BCUT2D eigenvalue weighted by molar-refractivity contribution is 0.0692. The van der Waals surface area contributed by atoms with E-state index in [1.165, 1.54) is 30.5 Å². The maximum Gasteiger partial charge on any atom is 0.337 e. The highest BCUT2D eigenvalue weighted by Crippen LogP contribution is 2.15. The van der Waals surface area contributed by atoms with Crippen molar-refractivity contribution in [1.82, 2.24) is 4.72 Å². The van der Waals surface area contributed by atoms with E-state index in [1.54, 1.807) is 12.1 Å². The predicted molar refractivity (Wildman–Crippen MR) is 66.1 cm³/mol. The number of benzene rings is 1. The fraction of sp³-hybridized carbons (Fsp3) is 0.0833. The van der Waals surface area contributed by atoms with Crippen molar-refractivity contribution in [3.05, 3.63) is 54.0 Å². The molecular weight excluding hydrogens is 270 g/mol. The standard InChI is InChI=1S/C12H11NO5S/c14-12(15)10-5-1-2-6-11(10)19(16,17)13-8-9-4-3-7-18-9/h1-7,13H,8H2,(H,14,15). The summed E-state index contributed by atoms with van der Waals surface area (Å²) in [6.45, 7) is -0.0384. The molecule has 0 fully saturated rings. The van der Waals surface area contributed by atoms with E-state index in [-0.39, 0.29) is 17.0 Å². The van der Waals surface area contributed by atoms with Gasteiger partial charge in [-0.25, -0.2) is 17.9 Å². The van der Waals surface area contributed by atoms with Crippen LogP contribution >= 0.6 is 0 Å². The Morgan fingerprint density at radius 1 is 1.21 bits per heavy atom. The van der Waals surface area contributed by atoms with Crippen LogP contribution in [0.2, 0.25) is 0 Å². The number of rotatable bonds is 5. The third-order valence-electron chi connectivity index (χ3n) is 2.42. The SMILES string of the molecule is O=C(O)c1ccccc1S(=O)(=O)NCc1ccco1. The predicted octanol–water partition coefficient (Wildman–Crippen LogP) is 1.46. The van der Waals surface area contributed by atoms with Crippen LogP contribution in [0.3, 0.4) is 0 Å². The van der Waals surface area contributed by atoms with Gasteiger partial charge in [-0.1, -0.05) is 12.1 Å². The van der Waals surface area contributed by atoms with Crippen LogP contribution in [0.1, 0.15) is 16.1 Å². The molecule has 0 aliphatic carbocycles. The van der Waals surface area contributed by atoms with Crippen molar-refractivity contribution >= 4 is 16.0 Å². The molecule has 0 unspecified atom stereocenters. The van der Waals surface area contributed by atoms with E-state index in [1.807, 2.05) is 0 Å². The molecular formula is C12H11NO5S. The molecule has 0 bridgehead atoms. The lowest BCUT2D eigenvalue weighted by Crippen LogP contribution is -2.25. The van der Waals surface area contributed by atoms with Gasteiger partial charge in [0.25, 0.3) is 0 Å². The highest BCUT2D eigenvalue weighted by molar-refractivity contribution is 7.89. The number of hydrogen-bond donors (Lipinski definition) is 2. The largest absolute Gasteiger partial charge is 0.478 e. The number of furan rings is 1. The van der Waals surface area contributed by atoms with E-state index >= 15 is 0 Å². The minimum atomic E-state index is -3.90. The molecule has 0 aliphatic rings. The van der Waals surface area contributed by atoms with Gasteiger partial charge in [0.15, 0.2) is 0 Å². The van der Waals surface area contributed by atoms with Gasteiger partial charge in [-0.3, -0.25) is 0 Å². The second kappa shape index (κ2) is 5.25. The average molecular weight is 281 g/mol. The van der Waals surface area contributed by atoms with Gasteiger partial charge in [0.1, 0.15) is 5.76 Å². The van der Waals surface area contributed by atoms with Crippen molar-refractivity contribution in [1.29, 1.82) is 0 Å². The molecule has 100 valence electrons. The number of carboxylic acids is 1. The van der Waals surface area contributed by atoms with Gasteiger partial charge in [-0.2, -0.15) is 0 Å². The number of nitrogens with one attached hydrogen (secondary N) is 1. The summed E-state index contributed by atoms with van der Waals surface area (Å²) in [5, 5.41) is 8.97. The van der Waals surface area contributed by atoms with E-state index in [0.29, 0.717) is 5.76 Å². The Morgan fingerprint density at radius 2 is 1.95 bits per heavy atom. The molecule has 0 atom stereocenters. The number of hydrogen-bond acceptors (Lipinski definition) is 4. The molecule has 0 spiro atoms. The van der Waals surface area contributed by atoms with Crippen molar-refractivity contribution in [2.24, 2.45) is 0 Å². The smallest absolute Gasteiger partial charge is 0.337 e. The molecule has 7 heteroatoms. The quantitative estimate of drug-likeness (QED) is 0.864. The Bertz CT molecular complexity index is 676.